The maximum absolute atomic E-state index is 10.9. The van der Waals surface area contributed by atoms with Crippen molar-refractivity contribution in [3.8, 4) is 0 Å². The van der Waals surface area contributed by atoms with Gasteiger partial charge in [0.25, 0.3) is 5.69 Å². The molecule has 0 heterocycles. The third kappa shape index (κ3) is 6.42. The van der Waals surface area contributed by atoms with Crippen LogP contribution in [0.2, 0.25) is 5.02 Å². The molecule has 21 heavy (non-hydrogen) atoms. The Morgan fingerprint density at radius 3 is 2.48 bits per heavy atom. The van der Waals surface area contributed by atoms with E-state index in [9.17, 15) is 10.1 Å². The van der Waals surface area contributed by atoms with E-state index >= 15 is 0 Å². The molecule has 1 rings (SSSR count). The fraction of sp³-hybridized carbons (Fsp3) is 0.600. The molecule has 0 spiro atoms. The Morgan fingerprint density at radius 1 is 1.29 bits per heavy atom. The van der Waals surface area contributed by atoms with E-state index in [0.717, 1.165) is 25.2 Å². The Bertz CT molecular complexity index is 478. The van der Waals surface area contributed by atoms with Crippen molar-refractivity contribution in [3.63, 3.8) is 0 Å². The molecule has 1 aromatic rings. The van der Waals surface area contributed by atoms with E-state index in [-0.39, 0.29) is 10.6 Å². The number of hydrogen-bond acceptors (Lipinski definition) is 4. The summed E-state index contributed by atoms with van der Waals surface area (Å²) in [6.07, 6.45) is 0. The van der Waals surface area contributed by atoms with Gasteiger partial charge in [0.2, 0.25) is 0 Å². The standard InChI is InChI=1S/C15H24ClN3O2/c1-12(2)10-18(8-7-17(3)4)11-13-9-14(19(20)21)5-6-15(13)16/h5-6,9,12H,7-8,10-11H2,1-4H3. The number of nitrogens with zero attached hydrogens (tertiary/aromatic N) is 3. The predicted octanol–water partition coefficient (Wildman–Crippen LogP) is 3.27. The average Bonchev–Trinajstić information content (AvgIpc) is 2.37. The number of non-ortho nitro benzene ring substituents is 1. The monoisotopic (exact) mass is 313 g/mol. The molecule has 0 saturated carbocycles. The summed E-state index contributed by atoms with van der Waals surface area (Å²) in [5, 5.41) is 11.5. The zero-order chi connectivity index (χ0) is 16.0. The molecule has 0 unspecified atom stereocenters. The molecule has 118 valence electrons. The molecule has 0 bridgehead atoms. The predicted molar refractivity (Wildman–Crippen MR) is 86.8 cm³/mol. The second-order valence-corrected chi connectivity index (χ2v) is 6.37. The average molecular weight is 314 g/mol. The van der Waals surface area contributed by atoms with Gasteiger partial charge in [0.1, 0.15) is 0 Å². The Labute approximate surface area is 131 Å². The third-order valence-corrected chi connectivity index (χ3v) is 3.49. The van der Waals surface area contributed by atoms with E-state index in [1.54, 1.807) is 12.1 Å². The molecule has 0 radical (unpaired) electrons. The molecule has 6 heteroatoms. The molecule has 0 aromatic heterocycles. The highest BCUT2D eigenvalue weighted by molar-refractivity contribution is 6.31. The van der Waals surface area contributed by atoms with E-state index in [1.807, 2.05) is 14.1 Å². The van der Waals surface area contributed by atoms with Crippen molar-refractivity contribution in [3.05, 3.63) is 38.9 Å². The van der Waals surface area contributed by atoms with Crippen LogP contribution in [0.1, 0.15) is 19.4 Å². The van der Waals surface area contributed by atoms with Gasteiger partial charge in [0, 0.05) is 43.3 Å². The van der Waals surface area contributed by atoms with Gasteiger partial charge in [-0.25, -0.2) is 0 Å². The first kappa shape index (κ1) is 17.9. The van der Waals surface area contributed by atoms with Crippen molar-refractivity contribution < 1.29 is 4.92 Å². The van der Waals surface area contributed by atoms with E-state index in [4.69, 9.17) is 11.6 Å². The van der Waals surface area contributed by atoms with Crippen molar-refractivity contribution >= 4 is 17.3 Å². The van der Waals surface area contributed by atoms with Crippen LogP contribution in [0.3, 0.4) is 0 Å². The van der Waals surface area contributed by atoms with Gasteiger partial charge in [-0.15, -0.1) is 0 Å². The zero-order valence-corrected chi connectivity index (χ0v) is 13.9. The number of hydrogen-bond donors (Lipinski definition) is 0. The van der Waals surface area contributed by atoms with Gasteiger partial charge in [-0.1, -0.05) is 25.4 Å². The molecule has 5 nitrogen and oxygen atoms in total. The minimum Gasteiger partial charge on any atom is -0.308 e. The van der Waals surface area contributed by atoms with Crippen LogP contribution in [-0.4, -0.2) is 48.5 Å². The molecule has 0 saturated heterocycles. The number of halogens is 1. The minimum absolute atomic E-state index is 0.0894. The number of rotatable bonds is 8. The maximum atomic E-state index is 10.9. The van der Waals surface area contributed by atoms with Crippen LogP contribution in [0.15, 0.2) is 18.2 Å². The van der Waals surface area contributed by atoms with E-state index in [0.29, 0.717) is 17.5 Å². The molecular formula is C15H24ClN3O2. The summed E-state index contributed by atoms with van der Waals surface area (Å²) < 4.78 is 0. The van der Waals surface area contributed by atoms with Crippen molar-refractivity contribution in [2.45, 2.75) is 20.4 Å². The summed E-state index contributed by atoms with van der Waals surface area (Å²) in [4.78, 5) is 14.9. The van der Waals surface area contributed by atoms with E-state index in [1.165, 1.54) is 6.07 Å². The number of benzene rings is 1. The topological polar surface area (TPSA) is 49.6 Å². The molecule has 1 aromatic carbocycles. The molecule has 0 atom stereocenters. The Morgan fingerprint density at radius 2 is 1.95 bits per heavy atom. The first-order valence-corrected chi connectivity index (χ1v) is 7.47. The van der Waals surface area contributed by atoms with Crippen LogP contribution < -0.4 is 0 Å². The molecule has 0 amide bonds. The zero-order valence-electron chi connectivity index (χ0n) is 13.2. The van der Waals surface area contributed by atoms with Gasteiger partial charge >= 0.3 is 0 Å². The van der Waals surface area contributed by atoms with E-state index < -0.39 is 0 Å². The highest BCUT2D eigenvalue weighted by atomic mass is 35.5. The van der Waals surface area contributed by atoms with Crippen molar-refractivity contribution in [2.24, 2.45) is 5.92 Å². The van der Waals surface area contributed by atoms with Gasteiger partial charge in [-0.3, -0.25) is 15.0 Å². The minimum atomic E-state index is -0.383. The summed E-state index contributed by atoms with van der Waals surface area (Å²) in [7, 11) is 4.07. The number of likely N-dealkylation sites (N-methyl/N-ethyl adjacent to an activating group) is 1. The fourth-order valence-corrected chi connectivity index (χ4v) is 2.31. The quantitative estimate of drug-likeness (QED) is 0.546. The van der Waals surface area contributed by atoms with Crippen LogP contribution in [0.25, 0.3) is 0 Å². The van der Waals surface area contributed by atoms with Crippen molar-refractivity contribution in [1.29, 1.82) is 0 Å². The van der Waals surface area contributed by atoms with Crippen LogP contribution >= 0.6 is 11.6 Å². The van der Waals surface area contributed by atoms with Crippen molar-refractivity contribution in [2.75, 3.05) is 33.7 Å². The lowest BCUT2D eigenvalue weighted by Gasteiger charge is -2.26. The molecule has 0 fully saturated rings. The molecule has 0 aliphatic heterocycles. The molecule has 0 N–H and O–H groups in total. The second-order valence-electron chi connectivity index (χ2n) is 5.97. The number of nitro benzene ring substituents is 1. The SMILES string of the molecule is CC(C)CN(CCN(C)C)Cc1cc([N+](=O)[O-])ccc1Cl. The summed E-state index contributed by atoms with van der Waals surface area (Å²) >= 11 is 6.18. The van der Waals surface area contributed by atoms with Crippen LogP contribution in [0.5, 0.6) is 0 Å². The van der Waals surface area contributed by atoms with Crippen LogP contribution in [0.4, 0.5) is 5.69 Å². The van der Waals surface area contributed by atoms with Crippen molar-refractivity contribution in [1.82, 2.24) is 9.80 Å². The van der Waals surface area contributed by atoms with Gasteiger partial charge in [-0.2, -0.15) is 0 Å². The Balaban J connectivity index is 2.85. The maximum Gasteiger partial charge on any atom is 0.269 e. The smallest absolute Gasteiger partial charge is 0.269 e. The summed E-state index contributed by atoms with van der Waals surface area (Å²) in [5.41, 5.74) is 0.900. The normalized spacial score (nSPS) is 11.6. The van der Waals surface area contributed by atoms with Gasteiger partial charge < -0.3 is 4.90 Å². The summed E-state index contributed by atoms with van der Waals surface area (Å²) in [5.74, 6) is 0.532. The number of nitro groups is 1. The van der Waals surface area contributed by atoms with Crippen LogP contribution in [0, 0.1) is 16.0 Å². The van der Waals surface area contributed by atoms with Gasteiger partial charge in [0.05, 0.1) is 4.92 Å². The first-order valence-electron chi connectivity index (χ1n) is 7.09. The lowest BCUT2D eigenvalue weighted by atomic mass is 10.1. The fourth-order valence-electron chi connectivity index (χ4n) is 2.13. The van der Waals surface area contributed by atoms with Gasteiger partial charge in [0.15, 0.2) is 0 Å². The van der Waals surface area contributed by atoms with Gasteiger partial charge in [-0.05, 0) is 31.6 Å². The third-order valence-electron chi connectivity index (χ3n) is 3.12. The largest absolute Gasteiger partial charge is 0.308 e. The highest BCUT2D eigenvalue weighted by Gasteiger charge is 2.14. The highest BCUT2D eigenvalue weighted by Crippen LogP contribution is 2.23. The summed E-state index contributed by atoms with van der Waals surface area (Å²) in [6.45, 7) is 7.75. The molecule has 0 aliphatic rings. The van der Waals surface area contributed by atoms with Crippen LogP contribution in [-0.2, 0) is 6.54 Å². The summed E-state index contributed by atoms with van der Waals surface area (Å²) in [6, 6.07) is 4.62. The Hall–Kier alpha value is -1.17. The molecular weight excluding hydrogens is 290 g/mol. The lowest BCUT2D eigenvalue weighted by Crippen LogP contribution is -2.34. The lowest BCUT2D eigenvalue weighted by molar-refractivity contribution is -0.384. The Kier molecular flexibility index (Phi) is 7.08. The second kappa shape index (κ2) is 8.32. The molecule has 0 aliphatic carbocycles. The van der Waals surface area contributed by atoms with E-state index in [2.05, 4.69) is 23.6 Å². The first-order chi connectivity index (χ1) is 9.79.